The largest absolute Gasteiger partial charge is 0.493 e. The highest BCUT2D eigenvalue weighted by Crippen LogP contribution is 2.39. The van der Waals surface area contributed by atoms with E-state index in [0.29, 0.717) is 49.7 Å². The van der Waals surface area contributed by atoms with Crippen LogP contribution in [0.4, 0.5) is 0 Å². The molecule has 11 heteroatoms. The molecule has 1 fully saturated rings. The number of amides is 1. The molecule has 38 heavy (non-hydrogen) atoms. The van der Waals surface area contributed by atoms with Gasteiger partial charge < -0.3 is 9.47 Å². The number of benzene rings is 1. The molecule has 9 nitrogen and oxygen atoms in total. The minimum Gasteiger partial charge on any atom is -0.493 e. The maximum atomic E-state index is 14.2. The van der Waals surface area contributed by atoms with Gasteiger partial charge in [0.1, 0.15) is 11.8 Å². The molecule has 1 amide bonds. The number of hydrogen-bond acceptors (Lipinski definition) is 7. The van der Waals surface area contributed by atoms with Crippen LogP contribution in [0.5, 0.6) is 5.75 Å². The number of carbonyl (C=O) groups excluding carboxylic acids is 1. The summed E-state index contributed by atoms with van der Waals surface area (Å²) in [7, 11) is -4.21. The Morgan fingerprint density at radius 1 is 1.11 bits per heavy atom. The van der Waals surface area contributed by atoms with Crippen molar-refractivity contribution in [1.82, 2.24) is 14.8 Å². The Morgan fingerprint density at radius 2 is 1.74 bits per heavy atom. The number of ether oxygens (including phenoxy) is 2. The Labute approximate surface area is 232 Å². The predicted molar refractivity (Wildman–Crippen MR) is 147 cm³/mol. The summed E-state index contributed by atoms with van der Waals surface area (Å²) in [5.74, 6) is 0.0763. The number of carbonyl (C=O) groups is 1. The first-order valence-corrected chi connectivity index (χ1v) is 14.4. The Hall–Kier alpha value is -2.24. The molecule has 1 aromatic heterocycles. The molecule has 2 aromatic rings. The van der Waals surface area contributed by atoms with E-state index in [9.17, 15) is 18.4 Å². The first kappa shape index (κ1) is 32.0. The molecule has 1 saturated carbocycles. The maximum Gasteiger partial charge on any atom is 0.264 e. The van der Waals surface area contributed by atoms with Crippen LogP contribution >= 0.6 is 12.4 Å². The summed E-state index contributed by atoms with van der Waals surface area (Å²) in [6, 6.07) is 8.34. The third-order valence-electron chi connectivity index (χ3n) is 6.54. The van der Waals surface area contributed by atoms with Gasteiger partial charge in [-0.15, -0.1) is 12.4 Å². The minimum absolute atomic E-state index is 0. The van der Waals surface area contributed by atoms with Crippen molar-refractivity contribution in [2.45, 2.75) is 82.4 Å². The van der Waals surface area contributed by atoms with Crippen molar-refractivity contribution >= 4 is 28.3 Å². The smallest absolute Gasteiger partial charge is 0.264 e. The van der Waals surface area contributed by atoms with Crippen molar-refractivity contribution in [3.63, 3.8) is 0 Å². The van der Waals surface area contributed by atoms with Crippen LogP contribution in [0.2, 0.25) is 0 Å². The lowest BCUT2D eigenvalue weighted by molar-refractivity contribution is -0.155. The van der Waals surface area contributed by atoms with Crippen LogP contribution in [-0.4, -0.2) is 53.7 Å². The highest BCUT2D eigenvalue weighted by atomic mass is 35.5. The maximum absolute atomic E-state index is 14.2. The molecule has 3 rings (SSSR count). The molecule has 0 unspecified atom stereocenters. The monoisotopic (exact) mass is 569 g/mol. The van der Waals surface area contributed by atoms with Crippen LogP contribution < -0.4 is 10.2 Å². The zero-order valence-electron chi connectivity index (χ0n) is 22.3. The van der Waals surface area contributed by atoms with Gasteiger partial charge in [-0.2, -0.15) is 4.31 Å². The summed E-state index contributed by atoms with van der Waals surface area (Å²) in [4.78, 5) is 17.4. The second kappa shape index (κ2) is 14.8. The van der Waals surface area contributed by atoms with E-state index in [2.05, 4.69) is 4.98 Å². The van der Waals surface area contributed by atoms with Crippen LogP contribution in [0.25, 0.3) is 0 Å². The molecule has 0 bridgehead atoms. The lowest BCUT2D eigenvalue weighted by Crippen LogP contribution is -2.62. The number of halogens is 1. The lowest BCUT2D eigenvalue weighted by atomic mass is 9.78. The molecule has 1 atom stereocenters. The molecule has 212 valence electrons. The van der Waals surface area contributed by atoms with Gasteiger partial charge >= 0.3 is 0 Å². The fraction of sp³-hybridized carbons (Fsp3) is 0.556. The van der Waals surface area contributed by atoms with E-state index in [4.69, 9.17) is 9.47 Å². The number of rotatable bonds is 13. The lowest BCUT2D eigenvalue weighted by Gasteiger charge is -2.46. The van der Waals surface area contributed by atoms with E-state index in [0.717, 1.165) is 19.3 Å². The molecule has 1 aliphatic carbocycles. The van der Waals surface area contributed by atoms with Crippen molar-refractivity contribution in [2.24, 2.45) is 5.92 Å². The Bertz CT molecular complexity index is 1090. The standard InChI is InChI=1S/C27H39N3O6S.ClH/c1-4-18-36-27(14-6-5-7-15-27)25(26(31)29-32)30(19-22-12-16-28-17-13-22)37(33,34)24-10-8-23(9-11-24)35-20-21(2)3;/h8-13,16-17,21,25,32H,4-7,14-15,18-20H2,1-3H3,(H,29,31);1H/t25-;/m0./s1. The SMILES string of the molecule is CCCOC1([C@H](C(=O)NO)N(Cc2ccncc2)S(=O)(=O)c2ccc(OCC(C)C)cc2)CCCCC1.Cl. The van der Waals surface area contributed by atoms with E-state index in [1.165, 1.54) is 16.4 Å². The number of nitrogens with zero attached hydrogens (tertiary/aromatic N) is 2. The summed E-state index contributed by atoms with van der Waals surface area (Å²) >= 11 is 0. The molecule has 2 N–H and O–H groups in total. The summed E-state index contributed by atoms with van der Waals surface area (Å²) < 4.78 is 41.6. The third-order valence-corrected chi connectivity index (χ3v) is 8.37. The van der Waals surface area contributed by atoms with E-state index >= 15 is 0 Å². The van der Waals surface area contributed by atoms with Crippen LogP contribution in [0.15, 0.2) is 53.7 Å². The number of sulfonamides is 1. The molecule has 1 aromatic carbocycles. The predicted octanol–water partition coefficient (Wildman–Crippen LogP) is 4.73. The summed E-state index contributed by atoms with van der Waals surface area (Å²) in [6.07, 6.45) is 7.45. The molecule has 1 aliphatic rings. The fourth-order valence-corrected chi connectivity index (χ4v) is 6.37. The van der Waals surface area contributed by atoms with Gasteiger partial charge in [0.25, 0.3) is 5.91 Å². The number of hydroxylamine groups is 1. The first-order valence-electron chi connectivity index (χ1n) is 12.9. The van der Waals surface area contributed by atoms with E-state index in [-0.39, 0.29) is 23.8 Å². The Balaban J connectivity index is 0.00000507. The molecule has 1 heterocycles. The summed E-state index contributed by atoms with van der Waals surface area (Å²) in [6.45, 7) is 6.82. The first-order chi connectivity index (χ1) is 17.7. The van der Waals surface area contributed by atoms with Crippen LogP contribution in [0, 0.1) is 5.92 Å². The Kier molecular flexibility index (Phi) is 12.4. The minimum atomic E-state index is -4.21. The zero-order valence-corrected chi connectivity index (χ0v) is 24.0. The number of nitrogens with one attached hydrogen (secondary N) is 1. The van der Waals surface area contributed by atoms with E-state index in [1.807, 2.05) is 20.8 Å². The van der Waals surface area contributed by atoms with E-state index < -0.39 is 27.6 Å². The highest BCUT2D eigenvalue weighted by molar-refractivity contribution is 7.89. The molecular weight excluding hydrogens is 530 g/mol. The van der Waals surface area contributed by atoms with Gasteiger partial charge in [-0.05, 0) is 67.1 Å². The van der Waals surface area contributed by atoms with Crippen LogP contribution in [0.3, 0.4) is 0 Å². The highest BCUT2D eigenvalue weighted by Gasteiger charge is 2.51. The van der Waals surface area contributed by atoms with Gasteiger partial charge in [-0.25, -0.2) is 13.9 Å². The van der Waals surface area contributed by atoms with Gasteiger partial charge in [-0.1, -0.05) is 40.0 Å². The zero-order chi connectivity index (χ0) is 26.9. The molecular formula is C27H40ClN3O6S. The molecule has 0 saturated heterocycles. The fourth-order valence-electron chi connectivity index (χ4n) is 4.73. The van der Waals surface area contributed by atoms with E-state index in [1.54, 1.807) is 42.1 Å². The second-order valence-electron chi connectivity index (χ2n) is 9.93. The summed E-state index contributed by atoms with van der Waals surface area (Å²) in [5, 5.41) is 9.76. The normalized spacial score (nSPS) is 16.1. The summed E-state index contributed by atoms with van der Waals surface area (Å²) in [5.41, 5.74) is 1.32. The Morgan fingerprint density at radius 3 is 2.29 bits per heavy atom. The quantitative estimate of drug-likeness (QED) is 0.264. The van der Waals surface area contributed by atoms with Gasteiger partial charge in [0, 0.05) is 25.5 Å². The molecule has 0 radical (unpaired) electrons. The van der Waals surface area contributed by atoms with Crippen molar-refractivity contribution < 1.29 is 27.9 Å². The number of hydrogen-bond donors (Lipinski definition) is 2. The number of aromatic nitrogens is 1. The number of pyridine rings is 1. The average molecular weight is 570 g/mol. The second-order valence-corrected chi connectivity index (χ2v) is 11.8. The van der Waals surface area contributed by atoms with Crippen molar-refractivity contribution in [2.75, 3.05) is 13.2 Å². The third kappa shape index (κ3) is 7.89. The van der Waals surface area contributed by atoms with Gasteiger partial charge in [0.2, 0.25) is 10.0 Å². The average Bonchev–Trinajstić information content (AvgIpc) is 2.91. The van der Waals surface area contributed by atoms with Gasteiger partial charge in [0.05, 0.1) is 17.1 Å². The van der Waals surface area contributed by atoms with Gasteiger partial charge in [0.15, 0.2) is 0 Å². The molecule has 0 spiro atoms. The van der Waals surface area contributed by atoms with Crippen LogP contribution in [0.1, 0.15) is 64.9 Å². The van der Waals surface area contributed by atoms with Crippen molar-refractivity contribution in [1.29, 1.82) is 0 Å². The van der Waals surface area contributed by atoms with Crippen LogP contribution in [-0.2, 0) is 26.1 Å². The van der Waals surface area contributed by atoms with Crippen molar-refractivity contribution in [3.05, 3.63) is 54.4 Å². The van der Waals surface area contributed by atoms with Crippen molar-refractivity contribution in [3.8, 4) is 5.75 Å². The molecule has 0 aliphatic heterocycles. The topological polar surface area (TPSA) is 118 Å². The van der Waals surface area contributed by atoms with Gasteiger partial charge in [-0.3, -0.25) is 15.0 Å².